The van der Waals surface area contributed by atoms with Gasteiger partial charge in [-0.05, 0) is 6.07 Å². The summed E-state index contributed by atoms with van der Waals surface area (Å²) >= 11 is 0. The molecular formula is C17H23N3O5. The minimum absolute atomic E-state index is 0.133. The van der Waals surface area contributed by atoms with Crippen LogP contribution in [-0.4, -0.2) is 74.1 Å². The second-order valence-electron chi connectivity index (χ2n) is 6.11. The first kappa shape index (κ1) is 17.8. The molecule has 8 nitrogen and oxygen atoms in total. The molecule has 3 rings (SSSR count). The SMILES string of the molecule is COCCNC(=O)c1cncc(C(=O)N2CCC3(CC2)OCCO3)c1. The molecule has 3 heterocycles. The standard InChI is InChI=1S/C17H23N3O5/c1-23-7-4-19-15(21)13-10-14(12-18-11-13)16(22)20-5-2-17(3-6-20)24-8-9-25-17/h10-12H,2-9H2,1H3,(H,19,21). The van der Waals surface area contributed by atoms with Gasteiger partial charge in [0.05, 0.1) is 30.9 Å². The maximum absolute atomic E-state index is 12.7. The summed E-state index contributed by atoms with van der Waals surface area (Å²) < 4.78 is 16.3. The quantitative estimate of drug-likeness (QED) is 0.776. The van der Waals surface area contributed by atoms with Crippen LogP contribution in [0.3, 0.4) is 0 Å². The normalized spacial score (nSPS) is 19.2. The Morgan fingerprint density at radius 1 is 1.24 bits per heavy atom. The summed E-state index contributed by atoms with van der Waals surface area (Å²) in [6, 6.07) is 1.57. The van der Waals surface area contributed by atoms with E-state index in [0.29, 0.717) is 63.4 Å². The summed E-state index contributed by atoms with van der Waals surface area (Å²) in [5.74, 6) is -0.922. The van der Waals surface area contributed by atoms with Crippen LogP contribution in [0, 0.1) is 0 Å². The van der Waals surface area contributed by atoms with E-state index in [0.717, 1.165) is 0 Å². The first-order chi connectivity index (χ1) is 12.1. The number of carbonyl (C=O) groups excluding carboxylic acids is 2. The Labute approximate surface area is 146 Å². The van der Waals surface area contributed by atoms with Crippen LogP contribution in [0.25, 0.3) is 0 Å². The number of likely N-dealkylation sites (tertiary alicyclic amines) is 1. The van der Waals surface area contributed by atoms with E-state index in [4.69, 9.17) is 14.2 Å². The van der Waals surface area contributed by atoms with Gasteiger partial charge in [0.25, 0.3) is 11.8 Å². The molecule has 2 saturated heterocycles. The Morgan fingerprint density at radius 3 is 2.60 bits per heavy atom. The number of hydrogen-bond donors (Lipinski definition) is 1. The maximum Gasteiger partial charge on any atom is 0.255 e. The van der Waals surface area contributed by atoms with Gasteiger partial charge in [0, 0.05) is 52.0 Å². The molecule has 2 aliphatic rings. The molecular weight excluding hydrogens is 326 g/mol. The maximum atomic E-state index is 12.7. The largest absolute Gasteiger partial charge is 0.383 e. The Kier molecular flexibility index (Phi) is 5.62. The molecule has 1 N–H and O–H groups in total. The topological polar surface area (TPSA) is 90.0 Å². The number of carbonyl (C=O) groups is 2. The molecule has 2 amide bonds. The number of amides is 2. The van der Waals surface area contributed by atoms with E-state index >= 15 is 0 Å². The van der Waals surface area contributed by atoms with Gasteiger partial charge in [-0.1, -0.05) is 0 Å². The number of hydrogen-bond acceptors (Lipinski definition) is 6. The minimum atomic E-state index is -0.516. The van der Waals surface area contributed by atoms with Crippen molar-refractivity contribution in [3.8, 4) is 0 Å². The molecule has 8 heteroatoms. The van der Waals surface area contributed by atoms with Crippen molar-refractivity contribution in [2.45, 2.75) is 18.6 Å². The van der Waals surface area contributed by atoms with Crippen LogP contribution in [0.15, 0.2) is 18.5 Å². The van der Waals surface area contributed by atoms with Gasteiger partial charge in [0.15, 0.2) is 5.79 Å². The minimum Gasteiger partial charge on any atom is -0.383 e. The average Bonchev–Trinajstić information content (AvgIpc) is 3.10. The molecule has 136 valence electrons. The van der Waals surface area contributed by atoms with E-state index in [1.54, 1.807) is 18.1 Å². The predicted molar refractivity (Wildman–Crippen MR) is 88.2 cm³/mol. The molecule has 0 aromatic carbocycles. The first-order valence-electron chi connectivity index (χ1n) is 8.43. The number of piperidine rings is 1. The van der Waals surface area contributed by atoms with Gasteiger partial charge in [-0.15, -0.1) is 0 Å². The predicted octanol–water partition coefficient (Wildman–Crippen LogP) is 0.437. The molecule has 0 radical (unpaired) electrons. The molecule has 0 aliphatic carbocycles. The van der Waals surface area contributed by atoms with E-state index in [1.165, 1.54) is 12.4 Å². The van der Waals surface area contributed by atoms with E-state index < -0.39 is 5.79 Å². The number of rotatable bonds is 5. The smallest absolute Gasteiger partial charge is 0.255 e. The number of ether oxygens (including phenoxy) is 3. The third-order valence-corrected chi connectivity index (χ3v) is 4.47. The van der Waals surface area contributed by atoms with Crippen molar-refractivity contribution >= 4 is 11.8 Å². The summed E-state index contributed by atoms with van der Waals surface area (Å²) in [4.78, 5) is 30.5. The number of nitrogens with one attached hydrogen (secondary N) is 1. The Morgan fingerprint density at radius 2 is 1.92 bits per heavy atom. The number of aromatic nitrogens is 1. The van der Waals surface area contributed by atoms with Gasteiger partial charge < -0.3 is 24.4 Å². The van der Waals surface area contributed by atoms with Crippen molar-refractivity contribution in [2.75, 3.05) is 46.6 Å². The molecule has 0 saturated carbocycles. The number of nitrogens with zero attached hydrogens (tertiary/aromatic N) is 2. The van der Waals surface area contributed by atoms with Crippen LogP contribution in [0.1, 0.15) is 33.6 Å². The Hall–Kier alpha value is -2.03. The second-order valence-corrected chi connectivity index (χ2v) is 6.11. The summed E-state index contributed by atoms with van der Waals surface area (Å²) in [5.41, 5.74) is 0.765. The molecule has 1 spiro atoms. The van der Waals surface area contributed by atoms with Crippen LogP contribution >= 0.6 is 0 Å². The highest BCUT2D eigenvalue weighted by Gasteiger charge is 2.40. The fourth-order valence-electron chi connectivity index (χ4n) is 3.07. The zero-order chi connectivity index (χ0) is 17.7. The monoisotopic (exact) mass is 349 g/mol. The van der Waals surface area contributed by atoms with Gasteiger partial charge in [-0.3, -0.25) is 14.6 Å². The lowest BCUT2D eigenvalue weighted by molar-refractivity contribution is -0.181. The Balaban J connectivity index is 1.60. The highest BCUT2D eigenvalue weighted by atomic mass is 16.7. The van der Waals surface area contributed by atoms with Gasteiger partial charge in [-0.2, -0.15) is 0 Å². The van der Waals surface area contributed by atoms with Crippen LogP contribution in [0.5, 0.6) is 0 Å². The molecule has 0 atom stereocenters. The lowest BCUT2D eigenvalue weighted by Crippen LogP contribution is -2.47. The summed E-state index contributed by atoms with van der Waals surface area (Å²) in [6.45, 7) is 3.17. The van der Waals surface area contributed by atoms with Crippen molar-refractivity contribution in [3.63, 3.8) is 0 Å². The van der Waals surface area contributed by atoms with Gasteiger partial charge in [-0.25, -0.2) is 0 Å². The van der Waals surface area contributed by atoms with E-state index in [2.05, 4.69) is 10.3 Å². The van der Waals surface area contributed by atoms with Gasteiger partial charge in [0.1, 0.15) is 0 Å². The summed E-state index contributed by atoms with van der Waals surface area (Å²) in [7, 11) is 1.57. The van der Waals surface area contributed by atoms with E-state index in [-0.39, 0.29) is 11.8 Å². The molecule has 2 aliphatic heterocycles. The third-order valence-electron chi connectivity index (χ3n) is 4.47. The van der Waals surface area contributed by atoms with Crippen LogP contribution in [-0.2, 0) is 14.2 Å². The Bertz CT molecular complexity index is 620. The third kappa shape index (κ3) is 4.15. The highest BCUT2D eigenvalue weighted by Crippen LogP contribution is 2.31. The van der Waals surface area contributed by atoms with Crippen molar-refractivity contribution in [3.05, 3.63) is 29.6 Å². The number of pyridine rings is 1. The van der Waals surface area contributed by atoms with Crippen LogP contribution in [0.4, 0.5) is 0 Å². The average molecular weight is 349 g/mol. The van der Waals surface area contributed by atoms with Gasteiger partial charge >= 0.3 is 0 Å². The fraction of sp³-hybridized carbons (Fsp3) is 0.588. The lowest BCUT2D eigenvalue weighted by atomic mass is 10.0. The molecule has 0 unspecified atom stereocenters. The summed E-state index contributed by atoms with van der Waals surface area (Å²) in [5, 5.41) is 2.72. The first-order valence-corrected chi connectivity index (χ1v) is 8.43. The molecule has 1 aromatic rings. The van der Waals surface area contributed by atoms with Gasteiger partial charge in [0.2, 0.25) is 0 Å². The zero-order valence-corrected chi connectivity index (χ0v) is 14.3. The van der Waals surface area contributed by atoms with Crippen molar-refractivity contribution in [1.82, 2.24) is 15.2 Å². The number of methoxy groups -OCH3 is 1. The van der Waals surface area contributed by atoms with Crippen LogP contribution in [0.2, 0.25) is 0 Å². The van der Waals surface area contributed by atoms with E-state index in [9.17, 15) is 9.59 Å². The second kappa shape index (κ2) is 7.90. The highest BCUT2D eigenvalue weighted by molar-refractivity contribution is 5.99. The molecule has 0 bridgehead atoms. The van der Waals surface area contributed by atoms with E-state index in [1.807, 2.05) is 0 Å². The van der Waals surface area contributed by atoms with Crippen molar-refractivity contribution in [2.24, 2.45) is 0 Å². The molecule has 25 heavy (non-hydrogen) atoms. The van der Waals surface area contributed by atoms with Crippen molar-refractivity contribution in [1.29, 1.82) is 0 Å². The van der Waals surface area contributed by atoms with Crippen LogP contribution < -0.4 is 5.32 Å². The lowest BCUT2D eigenvalue weighted by Gasteiger charge is -2.37. The molecule has 1 aromatic heterocycles. The summed E-state index contributed by atoms with van der Waals surface area (Å²) in [6.07, 6.45) is 4.25. The molecule has 2 fully saturated rings. The fourth-order valence-corrected chi connectivity index (χ4v) is 3.07. The zero-order valence-electron chi connectivity index (χ0n) is 14.3. The van der Waals surface area contributed by atoms with Crippen molar-refractivity contribution < 1.29 is 23.8 Å².